The number of carbonyl (C=O) groups is 1. The standard InChI is InChI=1S/C21H26ClFN2O3S/c1-5-15-7-9-16(10-8-15)14(3)24-21(26)20(6-2)25(29(4,27)28)17-11-12-19(23)18(22)13-17/h7-14,20H,5-6H2,1-4H3,(H,24,26)/t14-,20+/m1/s1. The van der Waals surface area contributed by atoms with Crippen LogP contribution in [0.25, 0.3) is 0 Å². The average molecular weight is 441 g/mol. The Morgan fingerprint density at radius 3 is 2.28 bits per heavy atom. The third-order valence-electron chi connectivity index (χ3n) is 4.73. The maximum Gasteiger partial charge on any atom is 0.244 e. The van der Waals surface area contributed by atoms with Gasteiger partial charge < -0.3 is 5.32 Å². The Morgan fingerprint density at radius 2 is 1.79 bits per heavy atom. The molecule has 0 heterocycles. The van der Waals surface area contributed by atoms with Crippen molar-refractivity contribution in [2.75, 3.05) is 10.6 Å². The SMILES string of the molecule is CCc1ccc([C@@H](C)NC(=O)[C@H](CC)N(c2ccc(F)c(Cl)c2)S(C)(=O)=O)cc1. The zero-order valence-corrected chi connectivity index (χ0v) is 18.5. The fourth-order valence-electron chi connectivity index (χ4n) is 3.12. The molecule has 0 aliphatic carbocycles. The number of nitrogens with one attached hydrogen (secondary N) is 1. The van der Waals surface area contributed by atoms with Crippen molar-refractivity contribution in [2.45, 2.75) is 45.7 Å². The minimum absolute atomic E-state index is 0.140. The van der Waals surface area contributed by atoms with E-state index >= 15 is 0 Å². The van der Waals surface area contributed by atoms with Crippen molar-refractivity contribution in [2.24, 2.45) is 0 Å². The summed E-state index contributed by atoms with van der Waals surface area (Å²) in [4.78, 5) is 13.0. The van der Waals surface area contributed by atoms with E-state index < -0.39 is 27.8 Å². The maximum absolute atomic E-state index is 13.5. The zero-order chi connectivity index (χ0) is 21.8. The number of hydrogen-bond acceptors (Lipinski definition) is 3. The van der Waals surface area contributed by atoms with Gasteiger partial charge >= 0.3 is 0 Å². The summed E-state index contributed by atoms with van der Waals surface area (Å²) >= 11 is 5.83. The smallest absolute Gasteiger partial charge is 0.244 e. The van der Waals surface area contributed by atoms with Crippen LogP contribution >= 0.6 is 11.6 Å². The Balaban J connectivity index is 2.30. The van der Waals surface area contributed by atoms with E-state index in [-0.39, 0.29) is 23.2 Å². The number of halogens is 2. The number of rotatable bonds is 8. The highest BCUT2D eigenvalue weighted by atomic mass is 35.5. The molecule has 8 heteroatoms. The third-order valence-corrected chi connectivity index (χ3v) is 6.20. The molecule has 2 aromatic rings. The molecule has 0 saturated carbocycles. The van der Waals surface area contributed by atoms with E-state index in [9.17, 15) is 17.6 Å². The molecule has 2 atom stereocenters. The molecule has 158 valence electrons. The topological polar surface area (TPSA) is 66.5 Å². The molecule has 0 unspecified atom stereocenters. The summed E-state index contributed by atoms with van der Waals surface area (Å²) in [6, 6.07) is 10.2. The molecule has 0 aliphatic heterocycles. The van der Waals surface area contributed by atoms with Crippen LogP contribution in [0.2, 0.25) is 5.02 Å². The van der Waals surface area contributed by atoms with Gasteiger partial charge in [-0.2, -0.15) is 0 Å². The van der Waals surface area contributed by atoms with Crippen molar-refractivity contribution in [3.8, 4) is 0 Å². The minimum Gasteiger partial charge on any atom is -0.348 e. The fourth-order valence-corrected chi connectivity index (χ4v) is 4.50. The molecule has 1 amide bonds. The molecule has 0 saturated heterocycles. The van der Waals surface area contributed by atoms with Gasteiger partial charge in [0.1, 0.15) is 11.9 Å². The van der Waals surface area contributed by atoms with E-state index in [1.807, 2.05) is 31.2 Å². The molecule has 0 radical (unpaired) electrons. The average Bonchev–Trinajstić information content (AvgIpc) is 2.67. The predicted molar refractivity (Wildman–Crippen MR) is 115 cm³/mol. The van der Waals surface area contributed by atoms with E-state index in [4.69, 9.17) is 11.6 Å². The first-order valence-electron chi connectivity index (χ1n) is 9.42. The molecule has 5 nitrogen and oxygen atoms in total. The molecule has 0 fully saturated rings. The van der Waals surface area contributed by atoms with Crippen molar-refractivity contribution in [1.82, 2.24) is 5.32 Å². The molecule has 0 spiro atoms. The molecule has 2 rings (SSSR count). The van der Waals surface area contributed by atoms with Crippen LogP contribution in [0.3, 0.4) is 0 Å². The van der Waals surface area contributed by atoms with Gasteiger partial charge in [0.15, 0.2) is 0 Å². The second-order valence-corrected chi connectivity index (χ2v) is 9.17. The highest BCUT2D eigenvalue weighted by Crippen LogP contribution is 2.27. The number of carbonyl (C=O) groups excluding carboxylic acids is 1. The van der Waals surface area contributed by atoms with Crippen molar-refractivity contribution in [1.29, 1.82) is 0 Å². The van der Waals surface area contributed by atoms with E-state index in [1.165, 1.54) is 17.7 Å². The molecular formula is C21H26ClFN2O3S. The van der Waals surface area contributed by atoms with Crippen LogP contribution in [-0.4, -0.2) is 26.6 Å². The van der Waals surface area contributed by atoms with Crippen LogP contribution in [0.4, 0.5) is 10.1 Å². The van der Waals surface area contributed by atoms with Crippen molar-refractivity contribution in [3.05, 3.63) is 64.4 Å². The summed E-state index contributed by atoms with van der Waals surface area (Å²) in [5, 5.41) is 2.67. The number of benzene rings is 2. The number of anilines is 1. The van der Waals surface area contributed by atoms with E-state index in [1.54, 1.807) is 6.92 Å². The summed E-state index contributed by atoms with van der Waals surface area (Å²) in [5.41, 5.74) is 2.25. The van der Waals surface area contributed by atoms with E-state index in [2.05, 4.69) is 12.2 Å². The Kier molecular flexibility index (Phi) is 7.66. The molecule has 0 bridgehead atoms. The normalized spacial score (nSPS) is 13.6. The van der Waals surface area contributed by atoms with Crippen LogP contribution in [0.15, 0.2) is 42.5 Å². The van der Waals surface area contributed by atoms with E-state index in [0.717, 1.165) is 28.6 Å². The molecular weight excluding hydrogens is 415 g/mol. The van der Waals surface area contributed by atoms with Gasteiger partial charge in [0, 0.05) is 0 Å². The molecule has 29 heavy (non-hydrogen) atoms. The Labute approximate surface area is 176 Å². The van der Waals surface area contributed by atoms with Gasteiger partial charge in [-0.25, -0.2) is 12.8 Å². The summed E-state index contributed by atoms with van der Waals surface area (Å²) in [6.45, 7) is 5.62. The zero-order valence-electron chi connectivity index (χ0n) is 16.9. The van der Waals surface area contributed by atoms with Gasteiger partial charge in [-0.15, -0.1) is 0 Å². The quantitative estimate of drug-likeness (QED) is 0.658. The number of amides is 1. The summed E-state index contributed by atoms with van der Waals surface area (Å²) < 4.78 is 39.5. The lowest BCUT2D eigenvalue weighted by Gasteiger charge is -2.31. The van der Waals surface area contributed by atoms with Gasteiger partial charge in [0.2, 0.25) is 15.9 Å². The van der Waals surface area contributed by atoms with Gasteiger partial charge in [-0.05, 0) is 49.1 Å². The molecule has 0 aromatic heterocycles. The summed E-state index contributed by atoms with van der Waals surface area (Å²) in [6.07, 6.45) is 2.16. The van der Waals surface area contributed by atoms with Gasteiger partial charge in [0.05, 0.1) is 23.0 Å². The van der Waals surface area contributed by atoms with Crippen LogP contribution in [0.1, 0.15) is 44.4 Å². The lowest BCUT2D eigenvalue weighted by atomic mass is 10.0. The first-order valence-corrected chi connectivity index (χ1v) is 11.6. The Bertz CT molecular complexity index is 964. The second kappa shape index (κ2) is 9.59. The van der Waals surface area contributed by atoms with Crippen LogP contribution in [0.5, 0.6) is 0 Å². The maximum atomic E-state index is 13.5. The van der Waals surface area contributed by atoms with Crippen LogP contribution < -0.4 is 9.62 Å². The molecule has 0 aliphatic rings. The summed E-state index contributed by atoms with van der Waals surface area (Å²) in [5.74, 6) is -1.10. The molecule has 2 aromatic carbocycles. The van der Waals surface area contributed by atoms with Crippen molar-refractivity contribution >= 4 is 33.2 Å². The minimum atomic E-state index is -3.82. The third kappa shape index (κ3) is 5.70. The van der Waals surface area contributed by atoms with Crippen LogP contribution in [0, 0.1) is 5.82 Å². The van der Waals surface area contributed by atoms with Gasteiger partial charge in [-0.1, -0.05) is 49.7 Å². The first-order chi connectivity index (χ1) is 13.6. The highest BCUT2D eigenvalue weighted by Gasteiger charge is 2.32. The lowest BCUT2D eigenvalue weighted by Crippen LogP contribution is -2.49. The Hall–Kier alpha value is -2.12. The number of aryl methyl sites for hydroxylation is 1. The largest absolute Gasteiger partial charge is 0.348 e. The summed E-state index contributed by atoms with van der Waals surface area (Å²) in [7, 11) is -3.82. The van der Waals surface area contributed by atoms with Crippen LogP contribution in [-0.2, 0) is 21.2 Å². The predicted octanol–water partition coefficient (Wildman–Crippen LogP) is 4.46. The van der Waals surface area contributed by atoms with Gasteiger partial charge in [0.25, 0.3) is 0 Å². The fraction of sp³-hybridized carbons (Fsp3) is 0.381. The lowest BCUT2D eigenvalue weighted by molar-refractivity contribution is -0.122. The molecule has 1 N–H and O–H groups in total. The van der Waals surface area contributed by atoms with Crippen molar-refractivity contribution in [3.63, 3.8) is 0 Å². The second-order valence-electron chi connectivity index (χ2n) is 6.91. The van der Waals surface area contributed by atoms with Crippen molar-refractivity contribution < 1.29 is 17.6 Å². The van der Waals surface area contributed by atoms with E-state index in [0.29, 0.717) is 0 Å². The highest BCUT2D eigenvalue weighted by molar-refractivity contribution is 7.92. The Morgan fingerprint density at radius 1 is 1.17 bits per heavy atom. The number of hydrogen-bond donors (Lipinski definition) is 1. The number of nitrogens with zero attached hydrogens (tertiary/aromatic N) is 1. The monoisotopic (exact) mass is 440 g/mol. The first kappa shape index (κ1) is 23.2. The van der Waals surface area contributed by atoms with Gasteiger partial charge in [-0.3, -0.25) is 9.10 Å². The number of sulfonamides is 1.